The van der Waals surface area contributed by atoms with Crippen molar-refractivity contribution in [2.75, 3.05) is 21.0 Å². The lowest BCUT2D eigenvalue weighted by molar-refractivity contribution is -0.120. The molecule has 2 aromatic carbocycles. The Kier molecular flexibility index (Phi) is 5.22. The van der Waals surface area contributed by atoms with E-state index in [4.69, 9.17) is 23.4 Å². The zero-order chi connectivity index (χ0) is 21.3. The maximum absolute atomic E-state index is 12.5. The highest BCUT2D eigenvalue weighted by Gasteiger charge is 2.18. The summed E-state index contributed by atoms with van der Waals surface area (Å²) in [5.41, 5.74) is 1.66. The van der Waals surface area contributed by atoms with Crippen LogP contribution in [0.4, 0.5) is 0 Å². The van der Waals surface area contributed by atoms with Gasteiger partial charge in [0, 0.05) is 18.0 Å². The van der Waals surface area contributed by atoms with Gasteiger partial charge < -0.3 is 28.7 Å². The zero-order valence-corrected chi connectivity index (χ0v) is 16.9. The van der Waals surface area contributed by atoms with Gasteiger partial charge in [-0.15, -0.1) is 0 Å². The number of amides is 1. The molecule has 0 unspecified atom stereocenters. The molecule has 0 saturated heterocycles. The second-order valence-electron chi connectivity index (χ2n) is 6.84. The summed E-state index contributed by atoms with van der Waals surface area (Å²) in [5.74, 6) is 2.02. The molecule has 0 atom stereocenters. The van der Waals surface area contributed by atoms with E-state index >= 15 is 0 Å². The molecule has 4 rings (SSSR count). The van der Waals surface area contributed by atoms with Gasteiger partial charge in [0.15, 0.2) is 23.0 Å². The average Bonchev–Trinajstić information content (AvgIpc) is 3.22. The Morgan fingerprint density at radius 1 is 1.07 bits per heavy atom. The van der Waals surface area contributed by atoms with Gasteiger partial charge in [-0.1, -0.05) is 6.07 Å². The number of hydrogen-bond acceptors (Lipinski definition) is 7. The summed E-state index contributed by atoms with van der Waals surface area (Å²) in [7, 11) is 3.04. The second-order valence-corrected chi connectivity index (χ2v) is 6.84. The molecular formula is C22H21NO7. The van der Waals surface area contributed by atoms with Crippen molar-refractivity contribution in [3.05, 3.63) is 57.4 Å². The van der Waals surface area contributed by atoms with Crippen LogP contribution in [-0.4, -0.2) is 26.9 Å². The average molecular weight is 411 g/mol. The van der Waals surface area contributed by atoms with Gasteiger partial charge in [-0.05, 0) is 36.2 Å². The quantitative estimate of drug-likeness (QED) is 0.623. The van der Waals surface area contributed by atoms with E-state index in [-0.39, 0.29) is 19.1 Å². The summed E-state index contributed by atoms with van der Waals surface area (Å²) < 4.78 is 26.6. The number of rotatable bonds is 6. The Bertz CT molecular complexity index is 1180. The van der Waals surface area contributed by atoms with Crippen molar-refractivity contribution < 1.29 is 28.2 Å². The molecule has 8 nitrogen and oxygen atoms in total. The van der Waals surface area contributed by atoms with Crippen LogP contribution in [0.25, 0.3) is 11.0 Å². The number of hydrogen-bond donors (Lipinski definition) is 1. The molecule has 0 aliphatic carbocycles. The van der Waals surface area contributed by atoms with Crippen LogP contribution in [0.15, 0.2) is 39.5 Å². The first-order valence-electron chi connectivity index (χ1n) is 9.33. The topological polar surface area (TPSA) is 96.2 Å². The maximum Gasteiger partial charge on any atom is 0.340 e. The van der Waals surface area contributed by atoms with E-state index in [0.717, 1.165) is 5.56 Å². The molecular weight excluding hydrogens is 390 g/mol. The molecule has 1 aromatic heterocycles. The number of methoxy groups -OCH3 is 2. The molecule has 0 spiro atoms. The maximum atomic E-state index is 12.5. The SMILES string of the molecule is COc1cc2oc(=O)c(CC(=O)NCc3ccc4c(c3)OCO4)c(C)c2cc1OC. The van der Waals surface area contributed by atoms with Crippen molar-refractivity contribution in [3.63, 3.8) is 0 Å². The molecule has 1 aliphatic heterocycles. The molecule has 1 amide bonds. The summed E-state index contributed by atoms with van der Waals surface area (Å²) in [4.78, 5) is 25.0. The van der Waals surface area contributed by atoms with Crippen LogP contribution < -0.4 is 29.9 Å². The number of aryl methyl sites for hydroxylation is 1. The third kappa shape index (κ3) is 3.63. The minimum Gasteiger partial charge on any atom is -0.493 e. The number of carbonyl (C=O) groups excluding carboxylic acids is 1. The van der Waals surface area contributed by atoms with Gasteiger partial charge in [0.25, 0.3) is 0 Å². The van der Waals surface area contributed by atoms with Crippen LogP contribution in [0.2, 0.25) is 0 Å². The molecule has 1 aliphatic rings. The van der Waals surface area contributed by atoms with E-state index < -0.39 is 5.63 Å². The van der Waals surface area contributed by atoms with E-state index in [1.807, 2.05) is 12.1 Å². The van der Waals surface area contributed by atoms with Gasteiger partial charge in [0.1, 0.15) is 5.58 Å². The lowest BCUT2D eigenvalue weighted by Gasteiger charge is -2.12. The normalized spacial score (nSPS) is 12.1. The summed E-state index contributed by atoms with van der Waals surface area (Å²) in [6.07, 6.45) is -0.0942. The van der Waals surface area contributed by atoms with Crippen LogP contribution in [0.1, 0.15) is 16.7 Å². The first-order valence-corrected chi connectivity index (χ1v) is 9.33. The van der Waals surface area contributed by atoms with Crippen molar-refractivity contribution >= 4 is 16.9 Å². The lowest BCUT2D eigenvalue weighted by Crippen LogP contribution is -2.27. The molecule has 1 N–H and O–H groups in total. The highest BCUT2D eigenvalue weighted by Crippen LogP contribution is 2.34. The highest BCUT2D eigenvalue weighted by molar-refractivity contribution is 5.87. The van der Waals surface area contributed by atoms with Crippen molar-refractivity contribution in [1.29, 1.82) is 0 Å². The smallest absolute Gasteiger partial charge is 0.340 e. The summed E-state index contributed by atoms with van der Waals surface area (Å²) in [6, 6.07) is 8.81. The minimum absolute atomic E-state index is 0.0942. The van der Waals surface area contributed by atoms with Crippen LogP contribution in [-0.2, 0) is 17.8 Å². The van der Waals surface area contributed by atoms with E-state index in [1.54, 1.807) is 25.1 Å². The Morgan fingerprint density at radius 2 is 1.80 bits per heavy atom. The van der Waals surface area contributed by atoms with Crippen LogP contribution in [0.3, 0.4) is 0 Å². The monoisotopic (exact) mass is 411 g/mol. The zero-order valence-electron chi connectivity index (χ0n) is 16.9. The van der Waals surface area contributed by atoms with Crippen molar-refractivity contribution in [1.82, 2.24) is 5.32 Å². The number of benzene rings is 2. The van der Waals surface area contributed by atoms with E-state index in [9.17, 15) is 9.59 Å². The molecule has 156 valence electrons. The van der Waals surface area contributed by atoms with E-state index in [2.05, 4.69) is 5.32 Å². The Morgan fingerprint density at radius 3 is 2.57 bits per heavy atom. The van der Waals surface area contributed by atoms with Gasteiger partial charge >= 0.3 is 5.63 Å². The minimum atomic E-state index is -0.551. The van der Waals surface area contributed by atoms with Gasteiger partial charge in [-0.25, -0.2) is 4.79 Å². The van der Waals surface area contributed by atoms with E-state index in [1.165, 1.54) is 14.2 Å². The number of fused-ring (bicyclic) bond motifs is 2. The van der Waals surface area contributed by atoms with Crippen LogP contribution >= 0.6 is 0 Å². The fraction of sp³-hybridized carbons (Fsp3) is 0.273. The predicted molar refractivity (Wildman–Crippen MR) is 108 cm³/mol. The third-order valence-electron chi connectivity index (χ3n) is 5.06. The third-order valence-corrected chi connectivity index (χ3v) is 5.06. The summed E-state index contributed by atoms with van der Waals surface area (Å²) in [5, 5.41) is 3.51. The molecule has 0 saturated carbocycles. The molecule has 30 heavy (non-hydrogen) atoms. The lowest BCUT2D eigenvalue weighted by atomic mass is 10.0. The van der Waals surface area contributed by atoms with Gasteiger partial charge in [-0.3, -0.25) is 4.79 Å². The van der Waals surface area contributed by atoms with Gasteiger partial charge in [-0.2, -0.15) is 0 Å². The number of ether oxygens (including phenoxy) is 4. The summed E-state index contributed by atoms with van der Waals surface area (Å²) >= 11 is 0. The predicted octanol–water partition coefficient (Wildman–Crippen LogP) is 2.71. The standard InChI is InChI=1S/C22H21NO7/c1-12-14-7-18(26-2)19(27-3)9-17(14)30-22(25)15(12)8-21(24)23-10-13-4-5-16-20(6-13)29-11-28-16/h4-7,9H,8,10-11H2,1-3H3,(H,23,24). The van der Waals surface area contributed by atoms with Crippen molar-refractivity contribution in [2.24, 2.45) is 0 Å². The Labute approximate surface area is 172 Å². The highest BCUT2D eigenvalue weighted by atomic mass is 16.7. The first-order chi connectivity index (χ1) is 14.5. The molecule has 2 heterocycles. The molecule has 0 fully saturated rings. The Hall–Kier alpha value is -3.68. The van der Waals surface area contributed by atoms with Crippen LogP contribution in [0, 0.1) is 6.92 Å². The fourth-order valence-electron chi connectivity index (χ4n) is 3.39. The first kappa shape index (κ1) is 19.6. The molecule has 0 bridgehead atoms. The van der Waals surface area contributed by atoms with Crippen molar-refractivity contribution in [2.45, 2.75) is 19.9 Å². The molecule has 8 heteroatoms. The molecule has 0 radical (unpaired) electrons. The van der Waals surface area contributed by atoms with E-state index in [0.29, 0.717) is 51.6 Å². The number of carbonyl (C=O) groups is 1. The fourth-order valence-corrected chi connectivity index (χ4v) is 3.39. The second kappa shape index (κ2) is 7.98. The molecule has 3 aromatic rings. The number of nitrogens with one attached hydrogen (secondary N) is 1. The van der Waals surface area contributed by atoms with Gasteiger partial charge in [0.05, 0.1) is 26.2 Å². The summed E-state index contributed by atoms with van der Waals surface area (Å²) in [6.45, 7) is 2.28. The largest absolute Gasteiger partial charge is 0.493 e. The van der Waals surface area contributed by atoms with Gasteiger partial charge in [0.2, 0.25) is 12.7 Å². The Balaban J connectivity index is 1.54. The van der Waals surface area contributed by atoms with Crippen molar-refractivity contribution in [3.8, 4) is 23.0 Å². The van der Waals surface area contributed by atoms with Crippen LogP contribution in [0.5, 0.6) is 23.0 Å².